The molecule has 2 aromatic heterocycles. The predicted octanol–water partition coefficient (Wildman–Crippen LogP) is 3.43. The monoisotopic (exact) mass is 475 g/mol. The standard InChI is InChI=1S/C22H26ClN5O3S/c1-3-27(4-2)32(30,31)17-10-11-19(23)18(14-17)22(29)26-12-7-8-16(15-26)21-25-24-20-9-5-6-13-28(20)21/h5-6,9-11,13-14,16H,3-4,7-8,12,15H2,1-2H3. The number of likely N-dealkylation sites (tertiary alicyclic amines) is 1. The first kappa shape index (κ1) is 22.7. The van der Waals surface area contributed by atoms with E-state index < -0.39 is 10.0 Å². The summed E-state index contributed by atoms with van der Waals surface area (Å²) in [5.41, 5.74) is 0.968. The third-order valence-corrected chi connectivity index (χ3v) is 8.30. The van der Waals surface area contributed by atoms with Crippen LogP contribution in [0.3, 0.4) is 0 Å². The molecule has 1 atom stereocenters. The summed E-state index contributed by atoms with van der Waals surface area (Å²) in [6.07, 6.45) is 3.63. The molecule has 10 heteroatoms. The molecule has 0 radical (unpaired) electrons. The van der Waals surface area contributed by atoms with Crippen molar-refractivity contribution in [2.45, 2.75) is 37.5 Å². The summed E-state index contributed by atoms with van der Waals surface area (Å²) in [6.45, 7) is 5.32. The highest BCUT2D eigenvalue weighted by Gasteiger charge is 2.30. The van der Waals surface area contributed by atoms with Crippen LogP contribution in [0.2, 0.25) is 5.02 Å². The molecule has 1 aliphatic heterocycles. The lowest BCUT2D eigenvalue weighted by Gasteiger charge is -2.32. The molecular weight excluding hydrogens is 450 g/mol. The zero-order chi connectivity index (χ0) is 22.9. The number of pyridine rings is 1. The Kier molecular flexibility index (Phi) is 6.50. The third-order valence-electron chi connectivity index (χ3n) is 5.93. The van der Waals surface area contributed by atoms with Gasteiger partial charge < -0.3 is 4.90 Å². The molecule has 3 heterocycles. The number of benzene rings is 1. The van der Waals surface area contributed by atoms with Crippen molar-refractivity contribution in [3.63, 3.8) is 0 Å². The molecule has 1 unspecified atom stereocenters. The number of rotatable bonds is 6. The zero-order valence-electron chi connectivity index (χ0n) is 18.1. The fourth-order valence-electron chi connectivity index (χ4n) is 4.22. The van der Waals surface area contributed by atoms with Crippen molar-refractivity contribution in [1.29, 1.82) is 0 Å². The van der Waals surface area contributed by atoms with Gasteiger partial charge in [-0.3, -0.25) is 9.20 Å². The number of sulfonamides is 1. The maximum absolute atomic E-state index is 13.4. The second-order valence-corrected chi connectivity index (χ2v) is 10.2. The smallest absolute Gasteiger partial charge is 0.255 e. The molecule has 0 saturated carbocycles. The minimum atomic E-state index is -3.69. The summed E-state index contributed by atoms with van der Waals surface area (Å²) in [5.74, 6) is 0.582. The molecule has 1 saturated heterocycles. The minimum absolute atomic E-state index is 0.0338. The highest BCUT2D eigenvalue weighted by atomic mass is 35.5. The van der Waals surface area contributed by atoms with E-state index in [1.165, 1.54) is 22.5 Å². The Balaban J connectivity index is 1.61. The van der Waals surface area contributed by atoms with Crippen LogP contribution in [0.4, 0.5) is 0 Å². The van der Waals surface area contributed by atoms with Gasteiger partial charge in [0.15, 0.2) is 5.65 Å². The Morgan fingerprint density at radius 1 is 1.19 bits per heavy atom. The molecule has 3 aromatic rings. The highest BCUT2D eigenvalue weighted by Crippen LogP contribution is 2.29. The summed E-state index contributed by atoms with van der Waals surface area (Å²) in [4.78, 5) is 15.2. The molecule has 0 bridgehead atoms. The van der Waals surface area contributed by atoms with E-state index in [1.807, 2.05) is 28.8 Å². The van der Waals surface area contributed by atoms with E-state index >= 15 is 0 Å². The number of nitrogens with zero attached hydrogens (tertiary/aromatic N) is 5. The molecule has 4 rings (SSSR count). The second kappa shape index (κ2) is 9.17. The van der Waals surface area contributed by atoms with Crippen molar-refractivity contribution in [2.75, 3.05) is 26.2 Å². The van der Waals surface area contributed by atoms with Crippen molar-refractivity contribution in [3.8, 4) is 0 Å². The van der Waals surface area contributed by atoms with E-state index in [0.29, 0.717) is 26.2 Å². The molecule has 32 heavy (non-hydrogen) atoms. The topological polar surface area (TPSA) is 87.9 Å². The Morgan fingerprint density at radius 2 is 1.97 bits per heavy atom. The number of carbonyl (C=O) groups is 1. The van der Waals surface area contributed by atoms with Gasteiger partial charge in [0.1, 0.15) is 5.82 Å². The van der Waals surface area contributed by atoms with Crippen molar-refractivity contribution < 1.29 is 13.2 Å². The number of piperidine rings is 1. The number of amides is 1. The summed E-state index contributed by atoms with van der Waals surface area (Å²) in [6, 6.07) is 10.1. The summed E-state index contributed by atoms with van der Waals surface area (Å²) in [7, 11) is -3.69. The van der Waals surface area contributed by atoms with Gasteiger partial charge in [-0.15, -0.1) is 10.2 Å². The maximum Gasteiger partial charge on any atom is 0.255 e. The molecular formula is C22H26ClN5O3S. The molecule has 0 spiro atoms. The zero-order valence-corrected chi connectivity index (χ0v) is 19.7. The Bertz CT molecular complexity index is 1240. The molecule has 1 fully saturated rings. The quantitative estimate of drug-likeness (QED) is 0.545. The Hall–Kier alpha value is -2.49. The van der Waals surface area contributed by atoms with Gasteiger partial charge in [0.05, 0.1) is 15.5 Å². The van der Waals surface area contributed by atoms with E-state index in [1.54, 1.807) is 18.7 Å². The molecule has 1 amide bonds. The van der Waals surface area contributed by atoms with Crippen LogP contribution in [0.15, 0.2) is 47.5 Å². The lowest BCUT2D eigenvalue weighted by molar-refractivity contribution is 0.0704. The predicted molar refractivity (Wildman–Crippen MR) is 122 cm³/mol. The minimum Gasteiger partial charge on any atom is -0.338 e. The van der Waals surface area contributed by atoms with Crippen LogP contribution in [0.5, 0.6) is 0 Å². The average Bonchev–Trinajstić information content (AvgIpc) is 3.24. The fourth-order valence-corrected chi connectivity index (χ4v) is 5.91. The first-order valence-electron chi connectivity index (χ1n) is 10.8. The Labute approximate surface area is 192 Å². The van der Waals surface area contributed by atoms with E-state index in [9.17, 15) is 13.2 Å². The lowest BCUT2D eigenvalue weighted by Crippen LogP contribution is -2.40. The lowest BCUT2D eigenvalue weighted by atomic mass is 9.96. The van der Waals surface area contributed by atoms with Crippen molar-refractivity contribution >= 4 is 33.2 Å². The van der Waals surface area contributed by atoms with E-state index in [2.05, 4.69) is 10.2 Å². The van der Waals surface area contributed by atoms with Crippen molar-refractivity contribution in [2.24, 2.45) is 0 Å². The Morgan fingerprint density at radius 3 is 2.72 bits per heavy atom. The molecule has 1 aliphatic rings. The first-order chi connectivity index (χ1) is 15.4. The van der Waals surface area contributed by atoms with Crippen LogP contribution in [-0.2, 0) is 10.0 Å². The van der Waals surface area contributed by atoms with Crippen LogP contribution >= 0.6 is 11.6 Å². The maximum atomic E-state index is 13.4. The van der Waals surface area contributed by atoms with E-state index in [0.717, 1.165) is 24.3 Å². The molecule has 1 aromatic carbocycles. The van der Waals surface area contributed by atoms with Gasteiger partial charge in [-0.05, 0) is 43.2 Å². The van der Waals surface area contributed by atoms with Crippen LogP contribution in [0.1, 0.15) is 48.8 Å². The van der Waals surface area contributed by atoms with Crippen LogP contribution in [0.25, 0.3) is 5.65 Å². The average molecular weight is 476 g/mol. The fraction of sp³-hybridized carbons (Fsp3) is 0.409. The number of hydrogen-bond donors (Lipinski definition) is 0. The molecule has 8 nitrogen and oxygen atoms in total. The van der Waals surface area contributed by atoms with Gasteiger partial charge in [-0.25, -0.2) is 8.42 Å². The van der Waals surface area contributed by atoms with Crippen molar-refractivity contribution in [1.82, 2.24) is 23.8 Å². The van der Waals surface area contributed by atoms with Gasteiger partial charge in [-0.1, -0.05) is 31.5 Å². The van der Waals surface area contributed by atoms with Crippen LogP contribution in [0, 0.1) is 0 Å². The van der Waals surface area contributed by atoms with Gasteiger partial charge >= 0.3 is 0 Å². The third kappa shape index (κ3) is 4.12. The van der Waals surface area contributed by atoms with Gasteiger partial charge in [0, 0.05) is 38.3 Å². The summed E-state index contributed by atoms with van der Waals surface area (Å²) < 4.78 is 29.2. The normalized spacial score (nSPS) is 17.2. The van der Waals surface area contributed by atoms with Crippen LogP contribution in [-0.4, -0.2) is 64.3 Å². The SMILES string of the molecule is CCN(CC)S(=O)(=O)c1ccc(Cl)c(C(=O)N2CCCC(c3nnc4ccccn34)C2)c1. The largest absolute Gasteiger partial charge is 0.338 e. The molecule has 0 aliphatic carbocycles. The molecule has 170 valence electrons. The van der Waals surface area contributed by atoms with E-state index in [4.69, 9.17) is 11.6 Å². The van der Waals surface area contributed by atoms with Gasteiger partial charge in [-0.2, -0.15) is 4.31 Å². The highest BCUT2D eigenvalue weighted by molar-refractivity contribution is 7.89. The van der Waals surface area contributed by atoms with Crippen LogP contribution < -0.4 is 0 Å². The number of aromatic nitrogens is 3. The summed E-state index contributed by atoms with van der Waals surface area (Å²) in [5, 5.41) is 8.82. The van der Waals surface area contributed by atoms with Gasteiger partial charge in [0.25, 0.3) is 5.91 Å². The van der Waals surface area contributed by atoms with E-state index in [-0.39, 0.29) is 27.3 Å². The number of fused-ring (bicyclic) bond motifs is 1. The van der Waals surface area contributed by atoms with Crippen molar-refractivity contribution in [3.05, 3.63) is 59.0 Å². The molecule has 0 N–H and O–H groups in total. The number of carbonyl (C=O) groups excluding carboxylic acids is 1. The second-order valence-electron chi connectivity index (χ2n) is 7.81. The van der Waals surface area contributed by atoms with Gasteiger partial charge in [0.2, 0.25) is 10.0 Å². The number of hydrogen-bond acceptors (Lipinski definition) is 5. The number of halogens is 1. The first-order valence-corrected chi connectivity index (χ1v) is 12.6. The summed E-state index contributed by atoms with van der Waals surface area (Å²) >= 11 is 6.34.